The highest BCUT2D eigenvalue weighted by atomic mass is 16.3. The lowest BCUT2D eigenvalue weighted by atomic mass is 9.78. The largest absolute Gasteiger partial charge is 0.396 e. The molecule has 2 N–H and O–H groups in total. The van der Waals surface area contributed by atoms with E-state index in [0.29, 0.717) is 12.1 Å². The van der Waals surface area contributed by atoms with Crippen LogP contribution >= 0.6 is 0 Å². The molecule has 0 heterocycles. The minimum Gasteiger partial charge on any atom is -0.396 e. The van der Waals surface area contributed by atoms with E-state index in [1.807, 2.05) is 0 Å². The molecule has 1 rings (SSSR count). The van der Waals surface area contributed by atoms with Gasteiger partial charge in [-0.25, -0.2) is 0 Å². The second-order valence-corrected chi connectivity index (χ2v) is 7.21. The van der Waals surface area contributed by atoms with Gasteiger partial charge in [0.1, 0.15) is 0 Å². The van der Waals surface area contributed by atoms with E-state index in [-0.39, 0.29) is 12.0 Å². The molecule has 0 aromatic carbocycles. The molecule has 2 heteroatoms. The average molecular weight is 241 g/mol. The predicted molar refractivity (Wildman–Crippen MR) is 74.0 cm³/mol. The zero-order chi connectivity index (χ0) is 13.1. The van der Waals surface area contributed by atoms with Crippen molar-refractivity contribution in [3.8, 4) is 0 Å². The predicted octanol–water partition coefficient (Wildman–Crippen LogP) is 3.20. The van der Waals surface area contributed by atoms with Gasteiger partial charge >= 0.3 is 0 Å². The molecule has 0 bridgehead atoms. The smallest absolute Gasteiger partial charge is 0.0446 e. The molecule has 1 aliphatic carbocycles. The molecular formula is C15H31NO. The van der Waals surface area contributed by atoms with Crippen LogP contribution in [0.15, 0.2) is 0 Å². The van der Waals surface area contributed by atoms with Gasteiger partial charge in [0.2, 0.25) is 0 Å². The lowest BCUT2D eigenvalue weighted by Gasteiger charge is -2.39. The van der Waals surface area contributed by atoms with Gasteiger partial charge in [0.25, 0.3) is 0 Å². The first kappa shape index (κ1) is 15.0. The lowest BCUT2D eigenvalue weighted by Crippen LogP contribution is -2.48. The number of hydrogen-bond donors (Lipinski definition) is 2. The Morgan fingerprint density at radius 2 is 1.65 bits per heavy atom. The van der Waals surface area contributed by atoms with Crippen molar-refractivity contribution in [2.45, 2.75) is 72.4 Å². The first-order chi connectivity index (χ1) is 7.82. The van der Waals surface area contributed by atoms with Gasteiger partial charge in [-0.15, -0.1) is 0 Å². The van der Waals surface area contributed by atoms with Crippen molar-refractivity contribution in [3.63, 3.8) is 0 Å². The van der Waals surface area contributed by atoms with E-state index in [9.17, 15) is 5.11 Å². The Hall–Kier alpha value is -0.0800. The molecular weight excluding hydrogens is 210 g/mol. The quantitative estimate of drug-likeness (QED) is 0.792. The van der Waals surface area contributed by atoms with Crippen LogP contribution in [-0.2, 0) is 0 Å². The van der Waals surface area contributed by atoms with Crippen LogP contribution in [0.3, 0.4) is 0 Å². The van der Waals surface area contributed by atoms with Crippen LogP contribution in [0.1, 0.15) is 60.3 Å². The number of aliphatic hydroxyl groups is 1. The molecule has 1 fully saturated rings. The standard InChI is InChI=1S/C15H31NO/c1-11-8-12(2)10-13(9-11)16-14(6-7-17)15(3,4)5/h11-14,16-17H,6-10H2,1-5H3. The van der Waals surface area contributed by atoms with Crippen molar-refractivity contribution < 1.29 is 5.11 Å². The van der Waals surface area contributed by atoms with Gasteiger partial charge in [0.15, 0.2) is 0 Å². The molecule has 2 nitrogen and oxygen atoms in total. The van der Waals surface area contributed by atoms with E-state index >= 15 is 0 Å². The topological polar surface area (TPSA) is 32.3 Å². The second-order valence-electron chi connectivity index (χ2n) is 7.21. The molecule has 0 spiro atoms. The zero-order valence-corrected chi connectivity index (χ0v) is 12.3. The van der Waals surface area contributed by atoms with Crippen LogP contribution in [0.4, 0.5) is 0 Å². The summed E-state index contributed by atoms with van der Waals surface area (Å²) < 4.78 is 0. The van der Waals surface area contributed by atoms with Crippen LogP contribution in [0.5, 0.6) is 0 Å². The van der Waals surface area contributed by atoms with Crippen molar-refractivity contribution in [1.29, 1.82) is 0 Å². The van der Waals surface area contributed by atoms with Crippen LogP contribution in [0, 0.1) is 17.3 Å². The molecule has 0 aromatic rings. The number of aliphatic hydroxyl groups excluding tert-OH is 1. The third kappa shape index (κ3) is 4.97. The molecule has 1 saturated carbocycles. The third-order valence-electron chi connectivity index (χ3n) is 4.08. The van der Waals surface area contributed by atoms with E-state index in [2.05, 4.69) is 39.9 Å². The molecule has 3 unspecified atom stereocenters. The minimum absolute atomic E-state index is 0.229. The molecule has 0 aromatic heterocycles. The van der Waals surface area contributed by atoms with Gasteiger partial charge < -0.3 is 10.4 Å². The Balaban J connectivity index is 2.54. The minimum atomic E-state index is 0.229. The third-order valence-corrected chi connectivity index (χ3v) is 4.08. The second kappa shape index (κ2) is 6.19. The normalized spacial score (nSPS) is 32.5. The molecule has 102 valence electrons. The van der Waals surface area contributed by atoms with Gasteiger partial charge in [-0.3, -0.25) is 0 Å². The maximum absolute atomic E-state index is 9.19. The van der Waals surface area contributed by atoms with Gasteiger partial charge in [-0.1, -0.05) is 34.6 Å². The Morgan fingerprint density at radius 3 is 2.06 bits per heavy atom. The maximum atomic E-state index is 9.19. The fraction of sp³-hybridized carbons (Fsp3) is 1.00. The summed E-state index contributed by atoms with van der Waals surface area (Å²) in [4.78, 5) is 0. The zero-order valence-electron chi connectivity index (χ0n) is 12.3. The maximum Gasteiger partial charge on any atom is 0.0446 e. The van der Waals surface area contributed by atoms with Crippen LogP contribution in [0.2, 0.25) is 0 Å². The molecule has 0 amide bonds. The summed E-state index contributed by atoms with van der Waals surface area (Å²) in [6.45, 7) is 11.8. The number of hydrogen-bond acceptors (Lipinski definition) is 2. The Morgan fingerprint density at radius 1 is 1.12 bits per heavy atom. The SMILES string of the molecule is CC1CC(C)CC(NC(CCO)C(C)(C)C)C1. The summed E-state index contributed by atoms with van der Waals surface area (Å²) in [6.07, 6.45) is 4.83. The summed E-state index contributed by atoms with van der Waals surface area (Å²) in [6, 6.07) is 1.07. The van der Waals surface area contributed by atoms with Crippen molar-refractivity contribution in [2.75, 3.05) is 6.61 Å². The summed E-state index contributed by atoms with van der Waals surface area (Å²) in [5.74, 6) is 1.68. The van der Waals surface area contributed by atoms with Gasteiger partial charge in [0, 0.05) is 18.7 Å². The van der Waals surface area contributed by atoms with Gasteiger partial charge in [0.05, 0.1) is 0 Å². The number of nitrogens with one attached hydrogen (secondary N) is 1. The van der Waals surface area contributed by atoms with E-state index in [0.717, 1.165) is 18.3 Å². The molecule has 0 saturated heterocycles. The highest BCUT2D eigenvalue weighted by molar-refractivity contribution is 4.87. The van der Waals surface area contributed by atoms with Gasteiger partial charge in [-0.05, 0) is 42.9 Å². The highest BCUT2D eigenvalue weighted by Crippen LogP contribution is 2.31. The van der Waals surface area contributed by atoms with E-state index in [4.69, 9.17) is 0 Å². The summed E-state index contributed by atoms with van der Waals surface area (Å²) >= 11 is 0. The first-order valence-electron chi connectivity index (χ1n) is 7.19. The van der Waals surface area contributed by atoms with E-state index < -0.39 is 0 Å². The number of rotatable bonds is 4. The first-order valence-corrected chi connectivity index (χ1v) is 7.19. The summed E-state index contributed by atoms with van der Waals surface area (Å²) in [5, 5.41) is 13.0. The monoisotopic (exact) mass is 241 g/mol. The Bertz CT molecular complexity index is 211. The fourth-order valence-corrected chi connectivity index (χ4v) is 3.26. The van der Waals surface area contributed by atoms with Gasteiger partial charge in [-0.2, -0.15) is 0 Å². The Labute approximate surface area is 107 Å². The lowest BCUT2D eigenvalue weighted by molar-refractivity contribution is 0.153. The van der Waals surface area contributed by atoms with Crippen LogP contribution < -0.4 is 5.32 Å². The van der Waals surface area contributed by atoms with Crippen molar-refractivity contribution >= 4 is 0 Å². The molecule has 17 heavy (non-hydrogen) atoms. The molecule has 1 aliphatic rings. The van der Waals surface area contributed by atoms with Crippen molar-refractivity contribution in [1.82, 2.24) is 5.32 Å². The fourth-order valence-electron chi connectivity index (χ4n) is 3.26. The Kier molecular flexibility index (Phi) is 5.46. The van der Waals surface area contributed by atoms with Crippen LogP contribution in [0.25, 0.3) is 0 Å². The molecule has 3 atom stereocenters. The summed E-state index contributed by atoms with van der Waals surface area (Å²) in [5.41, 5.74) is 0.229. The van der Waals surface area contributed by atoms with Crippen molar-refractivity contribution in [3.05, 3.63) is 0 Å². The van der Waals surface area contributed by atoms with Crippen LogP contribution in [-0.4, -0.2) is 23.8 Å². The van der Waals surface area contributed by atoms with E-state index in [1.165, 1.54) is 19.3 Å². The van der Waals surface area contributed by atoms with E-state index in [1.54, 1.807) is 0 Å². The van der Waals surface area contributed by atoms with Crippen molar-refractivity contribution in [2.24, 2.45) is 17.3 Å². The summed E-state index contributed by atoms with van der Waals surface area (Å²) in [7, 11) is 0. The average Bonchev–Trinajstić information content (AvgIpc) is 2.13. The highest BCUT2D eigenvalue weighted by Gasteiger charge is 2.30. The molecule has 0 radical (unpaired) electrons. The molecule has 0 aliphatic heterocycles.